The molecule has 0 heterocycles. The lowest BCUT2D eigenvalue weighted by molar-refractivity contribution is -0.167. The van der Waals surface area contributed by atoms with Crippen molar-refractivity contribution in [2.24, 2.45) is 0 Å². The van der Waals surface area contributed by atoms with Crippen molar-refractivity contribution in [2.45, 2.75) is 309 Å². The molecule has 0 aromatic carbocycles. The molecule has 0 spiro atoms. The summed E-state index contributed by atoms with van der Waals surface area (Å²) in [6.45, 7) is 6.47. The quantitative estimate of drug-likeness (QED) is 0.0261. The van der Waals surface area contributed by atoms with Crippen LogP contribution in [0.4, 0.5) is 0 Å². The van der Waals surface area contributed by atoms with Gasteiger partial charge in [0.2, 0.25) is 0 Å². The van der Waals surface area contributed by atoms with E-state index < -0.39 is 6.10 Å². The Morgan fingerprint density at radius 2 is 0.494 bits per heavy atom. The Hall–Kier alpha value is -4.19. The van der Waals surface area contributed by atoms with Crippen molar-refractivity contribution in [3.8, 4) is 0 Å². The van der Waals surface area contributed by atoms with Crippen LogP contribution in [0, 0.1) is 0 Å². The summed E-state index contributed by atoms with van der Waals surface area (Å²) in [4.78, 5) is 38.4. The molecule has 0 radical (unpaired) electrons. The van der Waals surface area contributed by atoms with Gasteiger partial charge >= 0.3 is 17.9 Å². The molecule has 0 aromatic heterocycles. The molecule has 0 saturated heterocycles. The maximum absolute atomic E-state index is 12.9. The van der Waals surface area contributed by atoms with Crippen LogP contribution in [0.3, 0.4) is 0 Å². The van der Waals surface area contributed by atoms with Gasteiger partial charge in [-0.05, 0) is 135 Å². The van der Waals surface area contributed by atoms with Gasteiger partial charge in [-0.3, -0.25) is 14.4 Å². The molecule has 0 N–H and O–H groups in total. The van der Waals surface area contributed by atoms with Crippen LogP contribution in [0.5, 0.6) is 0 Å². The number of carbonyl (C=O) groups excluding carboxylic acids is 3. The van der Waals surface area contributed by atoms with E-state index in [0.29, 0.717) is 19.3 Å². The van der Waals surface area contributed by atoms with E-state index in [-0.39, 0.29) is 31.1 Å². The predicted octanol–water partition coefficient (Wildman–Crippen LogP) is 22.8. The molecule has 79 heavy (non-hydrogen) atoms. The van der Waals surface area contributed by atoms with E-state index in [1.54, 1.807) is 0 Å². The van der Waals surface area contributed by atoms with Crippen molar-refractivity contribution < 1.29 is 28.6 Å². The highest BCUT2D eigenvalue weighted by molar-refractivity contribution is 5.71. The number of hydrogen-bond acceptors (Lipinski definition) is 6. The lowest BCUT2D eigenvalue weighted by Gasteiger charge is -2.18. The molecule has 0 saturated carbocycles. The Bertz CT molecular complexity index is 1640. The van der Waals surface area contributed by atoms with Crippen molar-refractivity contribution in [3.05, 3.63) is 122 Å². The first-order chi connectivity index (χ1) is 39.0. The van der Waals surface area contributed by atoms with E-state index in [0.717, 1.165) is 128 Å². The number of esters is 3. The Balaban J connectivity index is 4.45. The van der Waals surface area contributed by atoms with Crippen LogP contribution in [-0.2, 0) is 28.6 Å². The lowest BCUT2D eigenvalue weighted by Crippen LogP contribution is -2.30. The molecule has 0 rings (SSSR count). The van der Waals surface area contributed by atoms with Crippen LogP contribution in [0.25, 0.3) is 0 Å². The molecule has 0 aliphatic rings. The molecule has 1 atom stereocenters. The molecule has 450 valence electrons. The first-order valence-corrected chi connectivity index (χ1v) is 33.0. The number of allylic oxidation sites excluding steroid dienone is 20. The largest absolute Gasteiger partial charge is 0.462 e. The summed E-state index contributed by atoms with van der Waals surface area (Å²) in [6.07, 6.45) is 91.9. The predicted molar refractivity (Wildman–Crippen MR) is 343 cm³/mol. The monoisotopic (exact) mass is 1090 g/mol. The standard InChI is InChI=1S/C73H122O6/c1-4-7-10-13-16-19-22-25-28-31-34-35-36-37-40-42-45-48-51-54-57-60-63-66-72(75)78-69-70(79-73(76)67-64-61-58-55-52-49-46-43-39-33-30-27-24-21-18-15-12-9-6-3)68-77-71(74)65-62-59-56-53-50-47-44-41-38-32-29-26-23-20-17-14-11-8-5-2/h7,10,16-21,25-30,34-35,37,39-40,43,70H,4-6,8-9,11-15,22-24,31-33,36,38,41-42,44-69H2,1-3H3/b10-7-,19-16-,20-17-,21-18-,28-25-,29-26-,30-27-,35-34-,40-37-,43-39-. The Labute approximate surface area is 488 Å². The van der Waals surface area contributed by atoms with Crippen molar-refractivity contribution in [1.82, 2.24) is 0 Å². The summed E-state index contributed by atoms with van der Waals surface area (Å²) in [5.74, 6) is -0.912. The summed E-state index contributed by atoms with van der Waals surface area (Å²) in [5.41, 5.74) is 0. The zero-order valence-corrected chi connectivity index (χ0v) is 51.6. The molecule has 6 nitrogen and oxygen atoms in total. The summed E-state index contributed by atoms with van der Waals surface area (Å²) in [6, 6.07) is 0. The van der Waals surface area contributed by atoms with E-state index in [4.69, 9.17) is 14.2 Å². The second-order valence-corrected chi connectivity index (χ2v) is 21.6. The van der Waals surface area contributed by atoms with Crippen LogP contribution in [-0.4, -0.2) is 37.2 Å². The van der Waals surface area contributed by atoms with E-state index >= 15 is 0 Å². The Morgan fingerprint density at radius 3 is 0.772 bits per heavy atom. The maximum atomic E-state index is 12.9. The lowest BCUT2D eigenvalue weighted by atomic mass is 10.1. The summed E-state index contributed by atoms with van der Waals surface area (Å²) in [5, 5.41) is 0. The van der Waals surface area contributed by atoms with Gasteiger partial charge in [-0.15, -0.1) is 0 Å². The number of hydrogen-bond donors (Lipinski definition) is 0. The number of ether oxygens (including phenoxy) is 3. The first kappa shape index (κ1) is 74.8. The van der Waals surface area contributed by atoms with Gasteiger partial charge in [-0.25, -0.2) is 0 Å². The highest BCUT2D eigenvalue weighted by atomic mass is 16.6. The number of carbonyl (C=O) groups is 3. The fraction of sp³-hybridized carbons (Fsp3) is 0.685. The van der Waals surface area contributed by atoms with Crippen LogP contribution in [0.2, 0.25) is 0 Å². The minimum Gasteiger partial charge on any atom is -0.462 e. The molecule has 0 fully saturated rings. The molecule has 0 aromatic rings. The minimum atomic E-state index is -0.797. The third kappa shape index (κ3) is 64.5. The highest BCUT2D eigenvalue weighted by Gasteiger charge is 2.19. The molecule has 0 amide bonds. The van der Waals surface area contributed by atoms with Gasteiger partial charge in [-0.2, -0.15) is 0 Å². The van der Waals surface area contributed by atoms with Gasteiger partial charge in [0.25, 0.3) is 0 Å². The van der Waals surface area contributed by atoms with Gasteiger partial charge in [0, 0.05) is 19.3 Å². The molecule has 1 unspecified atom stereocenters. The topological polar surface area (TPSA) is 78.9 Å². The fourth-order valence-electron chi connectivity index (χ4n) is 8.98. The Morgan fingerprint density at radius 1 is 0.266 bits per heavy atom. The summed E-state index contributed by atoms with van der Waals surface area (Å²) in [7, 11) is 0. The van der Waals surface area contributed by atoms with Crippen LogP contribution in [0.1, 0.15) is 303 Å². The average Bonchev–Trinajstić information content (AvgIpc) is 3.45. The second-order valence-electron chi connectivity index (χ2n) is 21.6. The SMILES string of the molecule is CC/C=C\C/C=C\C/C=C\C/C=C\C/C=C\CCCCCCCCCC(=O)OCC(COC(=O)CCCCCCCCCCC/C=C\C/C=C\CCCCC)OC(=O)CCCCCCCC/C=C\C/C=C\C/C=C\CCCCC. The van der Waals surface area contributed by atoms with Crippen LogP contribution < -0.4 is 0 Å². The molecular formula is C73H122O6. The van der Waals surface area contributed by atoms with Gasteiger partial charge in [-0.1, -0.05) is 271 Å². The zero-order chi connectivity index (χ0) is 57.1. The average molecular weight is 1100 g/mol. The third-order valence-corrected chi connectivity index (χ3v) is 13.9. The van der Waals surface area contributed by atoms with Crippen molar-refractivity contribution in [1.29, 1.82) is 0 Å². The summed E-state index contributed by atoms with van der Waals surface area (Å²) < 4.78 is 17.0. The molecule has 0 aliphatic carbocycles. The number of unbranched alkanes of at least 4 members (excludes halogenated alkanes) is 28. The van der Waals surface area contributed by atoms with Gasteiger partial charge < -0.3 is 14.2 Å². The smallest absolute Gasteiger partial charge is 0.306 e. The van der Waals surface area contributed by atoms with Crippen molar-refractivity contribution >= 4 is 17.9 Å². The van der Waals surface area contributed by atoms with Gasteiger partial charge in [0.1, 0.15) is 13.2 Å². The molecular weight excluding hydrogens is 973 g/mol. The second kappa shape index (κ2) is 66.3. The molecule has 0 bridgehead atoms. The zero-order valence-electron chi connectivity index (χ0n) is 51.6. The normalized spacial score (nSPS) is 12.9. The minimum absolute atomic E-state index is 0.0911. The third-order valence-electron chi connectivity index (χ3n) is 13.9. The van der Waals surface area contributed by atoms with Crippen molar-refractivity contribution in [2.75, 3.05) is 13.2 Å². The fourth-order valence-corrected chi connectivity index (χ4v) is 8.98. The maximum Gasteiger partial charge on any atom is 0.306 e. The van der Waals surface area contributed by atoms with Crippen LogP contribution in [0.15, 0.2) is 122 Å². The highest BCUT2D eigenvalue weighted by Crippen LogP contribution is 2.15. The summed E-state index contributed by atoms with van der Waals surface area (Å²) >= 11 is 0. The van der Waals surface area contributed by atoms with Crippen LogP contribution >= 0.6 is 0 Å². The number of rotatable bonds is 59. The Kier molecular flexibility index (Phi) is 62.8. The van der Waals surface area contributed by atoms with Gasteiger partial charge in [0.05, 0.1) is 0 Å². The van der Waals surface area contributed by atoms with Crippen molar-refractivity contribution in [3.63, 3.8) is 0 Å². The van der Waals surface area contributed by atoms with E-state index in [1.807, 2.05) is 0 Å². The van der Waals surface area contributed by atoms with E-state index in [9.17, 15) is 14.4 Å². The molecule has 0 aliphatic heterocycles. The van der Waals surface area contributed by atoms with Gasteiger partial charge in [0.15, 0.2) is 6.10 Å². The van der Waals surface area contributed by atoms with E-state index in [2.05, 4.69) is 142 Å². The van der Waals surface area contributed by atoms with E-state index in [1.165, 1.54) is 135 Å². The first-order valence-electron chi connectivity index (χ1n) is 33.0. The molecule has 6 heteroatoms.